The minimum atomic E-state index is 0.130. The second-order valence-corrected chi connectivity index (χ2v) is 11.3. The van der Waals surface area contributed by atoms with E-state index in [2.05, 4.69) is 112 Å². The van der Waals surface area contributed by atoms with Gasteiger partial charge in [-0.15, -0.1) is 0 Å². The molecular weight excluding hydrogens is 324 g/mol. The summed E-state index contributed by atoms with van der Waals surface area (Å²) in [6.07, 6.45) is 1.09. The molecule has 0 heterocycles. The van der Waals surface area contributed by atoms with Crippen LogP contribution in [0.25, 0.3) is 0 Å². The van der Waals surface area contributed by atoms with E-state index in [1.54, 1.807) is 0 Å². The minimum absolute atomic E-state index is 0.130. The van der Waals surface area contributed by atoms with E-state index in [0.717, 1.165) is 6.42 Å². The van der Waals surface area contributed by atoms with Crippen LogP contribution in [0.3, 0.4) is 0 Å². The average molecular weight is 365 g/mol. The van der Waals surface area contributed by atoms with Gasteiger partial charge in [0.05, 0.1) is 0 Å². The lowest BCUT2D eigenvalue weighted by molar-refractivity contribution is 0.495. The Hall–Kier alpha value is -1.56. The van der Waals surface area contributed by atoms with Crippen LogP contribution < -0.4 is 0 Å². The monoisotopic (exact) mass is 364 g/mol. The van der Waals surface area contributed by atoms with Crippen molar-refractivity contribution in [1.29, 1.82) is 0 Å². The highest BCUT2D eigenvalue weighted by Crippen LogP contribution is 2.42. The molecule has 0 fully saturated rings. The number of hydrogen-bond acceptors (Lipinski definition) is 0. The lowest BCUT2D eigenvalue weighted by Gasteiger charge is -2.37. The van der Waals surface area contributed by atoms with Crippen LogP contribution >= 0.6 is 0 Å². The third-order valence-corrected chi connectivity index (χ3v) is 5.48. The van der Waals surface area contributed by atoms with E-state index < -0.39 is 0 Å². The third kappa shape index (κ3) is 5.24. The highest BCUT2D eigenvalue weighted by molar-refractivity contribution is 5.50. The van der Waals surface area contributed by atoms with Crippen molar-refractivity contribution in [2.24, 2.45) is 0 Å². The highest BCUT2D eigenvalue weighted by atomic mass is 14.4. The van der Waals surface area contributed by atoms with Crippen LogP contribution in [0.15, 0.2) is 42.5 Å². The first-order valence-corrected chi connectivity index (χ1v) is 10.4. The SMILES string of the molecule is CC(Cc1ccccc1)c1cc(C(C)(C)C)c(C(C)(C)C)c(C(C)(C)C)c1. The summed E-state index contributed by atoms with van der Waals surface area (Å²) < 4.78 is 0. The first kappa shape index (κ1) is 21.7. The van der Waals surface area contributed by atoms with E-state index >= 15 is 0 Å². The molecule has 0 saturated carbocycles. The summed E-state index contributed by atoms with van der Waals surface area (Å²) in [5.41, 5.74) is 7.84. The first-order valence-electron chi connectivity index (χ1n) is 10.4. The van der Waals surface area contributed by atoms with Crippen LogP contribution in [0, 0.1) is 0 Å². The molecule has 0 aromatic heterocycles. The number of hydrogen-bond donors (Lipinski definition) is 0. The molecule has 0 bridgehead atoms. The molecule has 0 heteroatoms. The van der Waals surface area contributed by atoms with Gasteiger partial charge in [-0.25, -0.2) is 0 Å². The standard InChI is InChI=1S/C27H40/c1-19(16-20-14-12-11-13-15-20)21-17-22(25(2,3)4)24(27(8,9)10)23(18-21)26(5,6)7/h11-15,17-19H,16H2,1-10H3. The summed E-state index contributed by atoms with van der Waals surface area (Å²) in [7, 11) is 0. The molecule has 0 saturated heterocycles. The van der Waals surface area contributed by atoms with E-state index in [-0.39, 0.29) is 16.2 Å². The molecule has 1 unspecified atom stereocenters. The molecule has 148 valence electrons. The molecule has 1 atom stereocenters. The van der Waals surface area contributed by atoms with Crippen LogP contribution in [0.1, 0.15) is 103 Å². The fraction of sp³-hybridized carbons (Fsp3) is 0.556. The Kier molecular flexibility index (Phi) is 6.00. The van der Waals surface area contributed by atoms with Gasteiger partial charge in [0.15, 0.2) is 0 Å². The Morgan fingerprint density at radius 2 is 1.11 bits per heavy atom. The Morgan fingerprint density at radius 3 is 1.48 bits per heavy atom. The molecule has 2 rings (SSSR count). The molecule has 27 heavy (non-hydrogen) atoms. The predicted molar refractivity (Wildman–Crippen MR) is 121 cm³/mol. The van der Waals surface area contributed by atoms with Crippen molar-refractivity contribution in [2.45, 2.75) is 97.8 Å². The van der Waals surface area contributed by atoms with Crippen molar-refractivity contribution in [1.82, 2.24) is 0 Å². The molecule has 0 aliphatic carbocycles. The van der Waals surface area contributed by atoms with Gasteiger partial charge in [-0.3, -0.25) is 0 Å². The van der Waals surface area contributed by atoms with Gasteiger partial charge in [-0.1, -0.05) is 112 Å². The normalized spacial score (nSPS) is 14.3. The summed E-state index contributed by atoms with van der Waals surface area (Å²) in [4.78, 5) is 0. The molecule has 0 aliphatic rings. The zero-order valence-electron chi connectivity index (χ0n) is 19.3. The van der Waals surface area contributed by atoms with Crippen LogP contribution in [-0.4, -0.2) is 0 Å². The summed E-state index contributed by atoms with van der Waals surface area (Å²) in [6, 6.07) is 15.9. The summed E-state index contributed by atoms with van der Waals surface area (Å²) >= 11 is 0. The molecular formula is C27H40. The molecule has 0 radical (unpaired) electrons. The fourth-order valence-electron chi connectivity index (χ4n) is 4.03. The van der Waals surface area contributed by atoms with E-state index in [0.29, 0.717) is 5.92 Å². The molecule has 0 nitrogen and oxygen atoms in total. The van der Waals surface area contributed by atoms with Gasteiger partial charge < -0.3 is 0 Å². The second kappa shape index (κ2) is 7.46. The van der Waals surface area contributed by atoms with Crippen molar-refractivity contribution < 1.29 is 0 Å². The first-order chi connectivity index (χ1) is 12.2. The third-order valence-electron chi connectivity index (χ3n) is 5.48. The largest absolute Gasteiger partial charge is 0.0622 e. The minimum Gasteiger partial charge on any atom is -0.0622 e. The maximum absolute atomic E-state index is 2.50. The number of rotatable bonds is 3. The Morgan fingerprint density at radius 1 is 0.667 bits per heavy atom. The summed E-state index contributed by atoms with van der Waals surface area (Å²) in [6.45, 7) is 23.6. The van der Waals surface area contributed by atoms with Gasteiger partial charge in [-0.2, -0.15) is 0 Å². The van der Waals surface area contributed by atoms with E-state index in [1.165, 1.54) is 27.8 Å². The quantitative estimate of drug-likeness (QED) is 0.518. The number of benzene rings is 2. The molecule has 0 N–H and O–H groups in total. The van der Waals surface area contributed by atoms with Crippen molar-refractivity contribution >= 4 is 0 Å². The van der Waals surface area contributed by atoms with Gasteiger partial charge in [-0.05, 0) is 56.4 Å². The van der Waals surface area contributed by atoms with Crippen LogP contribution in [0.5, 0.6) is 0 Å². The fourth-order valence-corrected chi connectivity index (χ4v) is 4.03. The smallest absolute Gasteiger partial charge is 0.0126 e. The molecule has 2 aromatic carbocycles. The van der Waals surface area contributed by atoms with Crippen molar-refractivity contribution in [2.75, 3.05) is 0 Å². The topological polar surface area (TPSA) is 0 Å². The highest BCUT2D eigenvalue weighted by Gasteiger charge is 2.32. The Labute approximate surface area is 168 Å². The summed E-state index contributed by atoms with van der Waals surface area (Å²) in [5, 5.41) is 0. The van der Waals surface area contributed by atoms with Crippen LogP contribution in [0.4, 0.5) is 0 Å². The average Bonchev–Trinajstić information content (AvgIpc) is 2.52. The predicted octanol–water partition coefficient (Wildman–Crippen LogP) is 7.93. The van der Waals surface area contributed by atoms with Crippen molar-refractivity contribution in [3.8, 4) is 0 Å². The lowest BCUT2D eigenvalue weighted by atomic mass is 9.67. The Balaban J connectivity index is 2.67. The van der Waals surface area contributed by atoms with E-state index in [1.807, 2.05) is 0 Å². The zero-order chi connectivity index (χ0) is 20.6. The molecule has 0 spiro atoms. The van der Waals surface area contributed by atoms with Crippen molar-refractivity contribution in [3.63, 3.8) is 0 Å². The summed E-state index contributed by atoms with van der Waals surface area (Å²) in [5.74, 6) is 0.503. The molecule has 0 amide bonds. The van der Waals surface area contributed by atoms with Gasteiger partial charge in [0.1, 0.15) is 0 Å². The van der Waals surface area contributed by atoms with E-state index in [9.17, 15) is 0 Å². The zero-order valence-corrected chi connectivity index (χ0v) is 19.3. The lowest BCUT2D eigenvalue weighted by Crippen LogP contribution is -2.28. The maximum atomic E-state index is 2.50. The van der Waals surface area contributed by atoms with Gasteiger partial charge in [0.2, 0.25) is 0 Å². The van der Waals surface area contributed by atoms with Gasteiger partial charge in [0, 0.05) is 0 Å². The van der Waals surface area contributed by atoms with Crippen LogP contribution in [0.2, 0.25) is 0 Å². The Bertz CT molecular complexity index is 723. The van der Waals surface area contributed by atoms with Crippen LogP contribution in [-0.2, 0) is 22.7 Å². The van der Waals surface area contributed by atoms with Crippen molar-refractivity contribution in [3.05, 3.63) is 70.3 Å². The second-order valence-electron chi connectivity index (χ2n) is 11.3. The van der Waals surface area contributed by atoms with Gasteiger partial charge in [0.25, 0.3) is 0 Å². The van der Waals surface area contributed by atoms with Gasteiger partial charge >= 0.3 is 0 Å². The molecule has 2 aromatic rings. The maximum Gasteiger partial charge on any atom is -0.0126 e. The molecule has 0 aliphatic heterocycles. The van der Waals surface area contributed by atoms with E-state index in [4.69, 9.17) is 0 Å².